The van der Waals surface area contributed by atoms with Crippen LogP contribution in [0.2, 0.25) is 0 Å². The van der Waals surface area contributed by atoms with E-state index in [-0.39, 0.29) is 12.1 Å². The van der Waals surface area contributed by atoms with Crippen molar-refractivity contribution in [1.29, 1.82) is 0 Å². The topological polar surface area (TPSA) is 71.3 Å². The number of aryl methyl sites for hydroxylation is 3. The van der Waals surface area contributed by atoms with Crippen molar-refractivity contribution in [2.45, 2.75) is 51.5 Å². The Morgan fingerprint density at radius 3 is 3.17 bits per heavy atom. The summed E-state index contributed by atoms with van der Waals surface area (Å²) in [6, 6.07) is 1.92. The van der Waals surface area contributed by atoms with Gasteiger partial charge in [-0.25, -0.2) is 9.78 Å². The lowest BCUT2D eigenvalue weighted by Crippen LogP contribution is -2.40. The Morgan fingerprint density at radius 2 is 2.38 bits per heavy atom. The van der Waals surface area contributed by atoms with Gasteiger partial charge in [0, 0.05) is 30.5 Å². The van der Waals surface area contributed by atoms with Gasteiger partial charge in [0.15, 0.2) is 5.76 Å². The van der Waals surface area contributed by atoms with Gasteiger partial charge in [-0.15, -0.1) is 11.3 Å². The maximum Gasteiger partial charge on any atom is 0.318 e. The summed E-state index contributed by atoms with van der Waals surface area (Å²) in [5.74, 6) is 0.788. The van der Waals surface area contributed by atoms with Gasteiger partial charge in [-0.05, 0) is 39.0 Å². The molecule has 2 amide bonds. The number of carbonyl (C=O) groups is 1. The van der Waals surface area contributed by atoms with Crippen molar-refractivity contribution in [2.24, 2.45) is 0 Å². The van der Waals surface area contributed by atoms with E-state index in [9.17, 15) is 4.79 Å². The molecule has 0 bridgehead atoms. The third kappa shape index (κ3) is 3.05. The smallest absolute Gasteiger partial charge is 0.318 e. The molecule has 0 saturated carbocycles. The van der Waals surface area contributed by atoms with Gasteiger partial charge in [0.25, 0.3) is 0 Å². The van der Waals surface area contributed by atoms with Crippen LogP contribution in [0.4, 0.5) is 4.79 Å². The van der Waals surface area contributed by atoms with Crippen LogP contribution in [-0.4, -0.2) is 34.2 Å². The minimum atomic E-state index is -0.0179. The Kier molecular flexibility index (Phi) is 4.26. The first-order valence-corrected chi connectivity index (χ1v) is 9.47. The summed E-state index contributed by atoms with van der Waals surface area (Å²) in [6.45, 7) is 3.30. The molecule has 1 saturated heterocycles. The van der Waals surface area contributed by atoms with Gasteiger partial charge < -0.3 is 14.7 Å². The molecule has 4 rings (SSSR count). The van der Waals surface area contributed by atoms with Crippen molar-refractivity contribution in [3.63, 3.8) is 0 Å². The lowest BCUT2D eigenvalue weighted by molar-refractivity contribution is 0.182. The van der Waals surface area contributed by atoms with Crippen LogP contribution in [0.25, 0.3) is 0 Å². The summed E-state index contributed by atoms with van der Waals surface area (Å²) in [5.41, 5.74) is 2.13. The summed E-state index contributed by atoms with van der Waals surface area (Å²) in [7, 11) is 0. The zero-order chi connectivity index (χ0) is 16.5. The van der Waals surface area contributed by atoms with E-state index in [1.165, 1.54) is 23.4 Å². The Hall–Kier alpha value is -1.89. The van der Waals surface area contributed by atoms with E-state index >= 15 is 0 Å². The minimum absolute atomic E-state index is 0.00913. The number of rotatable bonds is 4. The lowest BCUT2D eigenvalue weighted by Gasteiger charge is -2.22. The van der Waals surface area contributed by atoms with E-state index in [0.29, 0.717) is 6.54 Å². The average molecular weight is 346 g/mol. The lowest BCUT2D eigenvalue weighted by atomic mass is 10.1. The Bertz CT molecular complexity index is 717. The van der Waals surface area contributed by atoms with Gasteiger partial charge in [-0.1, -0.05) is 5.16 Å². The van der Waals surface area contributed by atoms with Crippen molar-refractivity contribution in [3.05, 3.63) is 33.1 Å². The predicted molar refractivity (Wildman–Crippen MR) is 91.2 cm³/mol. The molecule has 1 fully saturated rings. The first-order valence-electron chi connectivity index (χ1n) is 8.66. The van der Waals surface area contributed by atoms with Crippen molar-refractivity contribution in [2.75, 3.05) is 13.1 Å². The number of fused-ring (bicyclic) bond motifs is 1. The molecule has 2 aromatic heterocycles. The highest BCUT2D eigenvalue weighted by atomic mass is 32.1. The molecule has 1 aliphatic heterocycles. The molecule has 1 unspecified atom stereocenters. The molecule has 3 heterocycles. The fraction of sp³-hybridized carbons (Fsp3) is 0.588. The van der Waals surface area contributed by atoms with Crippen LogP contribution in [0.3, 0.4) is 0 Å². The Balaban J connectivity index is 1.32. The SMILES string of the molecule is Cc1cc(C2CCCN2C(=O)NCCc2nc3c(s2)CCC3)on1. The average Bonchev–Trinajstić information content (AvgIpc) is 3.29. The number of thiazole rings is 1. The molecule has 1 aliphatic carbocycles. The number of hydrogen-bond donors (Lipinski definition) is 1. The van der Waals surface area contributed by atoms with Crippen LogP contribution in [0.1, 0.15) is 52.3 Å². The molecule has 1 N–H and O–H groups in total. The fourth-order valence-electron chi connectivity index (χ4n) is 3.57. The Labute approximate surface area is 145 Å². The maximum absolute atomic E-state index is 12.5. The molecule has 1 atom stereocenters. The number of carbonyl (C=O) groups excluding carboxylic acids is 1. The van der Waals surface area contributed by atoms with Crippen LogP contribution in [0.15, 0.2) is 10.6 Å². The molecule has 24 heavy (non-hydrogen) atoms. The molecule has 0 radical (unpaired) electrons. The molecule has 2 aliphatic rings. The second-order valence-corrected chi connectivity index (χ2v) is 7.70. The second kappa shape index (κ2) is 6.55. The number of likely N-dealkylation sites (tertiary alicyclic amines) is 1. The van der Waals surface area contributed by atoms with E-state index in [4.69, 9.17) is 4.52 Å². The standard InChI is InChI=1S/C17H22N4O2S/c1-11-10-14(23-20-11)13-5-3-9-21(13)17(22)18-8-7-16-19-12-4-2-6-15(12)24-16/h10,13H,2-9H2,1H3,(H,18,22). The Morgan fingerprint density at radius 1 is 1.46 bits per heavy atom. The number of nitrogens with one attached hydrogen (secondary N) is 1. The normalized spacial score (nSPS) is 19.7. The van der Waals surface area contributed by atoms with Crippen molar-refractivity contribution < 1.29 is 9.32 Å². The first kappa shape index (κ1) is 15.6. The van der Waals surface area contributed by atoms with Crippen LogP contribution in [0, 0.1) is 6.92 Å². The fourth-order valence-corrected chi connectivity index (χ4v) is 4.73. The molecule has 128 valence electrons. The zero-order valence-electron chi connectivity index (χ0n) is 13.9. The summed E-state index contributed by atoms with van der Waals surface area (Å²) in [6.07, 6.45) is 6.26. The number of amides is 2. The molecule has 6 nitrogen and oxygen atoms in total. The summed E-state index contributed by atoms with van der Waals surface area (Å²) in [5, 5.41) is 8.12. The minimum Gasteiger partial charge on any atom is -0.359 e. The van der Waals surface area contributed by atoms with E-state index in [1.54, 1.807) is 11.3 Å². The zero-order valence-corrected chi connectivity index (χ0v) is 14.7. The monoisotopic (exact) mass is 346 g/mol. The summed E-state index contributed by atoms with van der Waals surface area (Å²) >= 11 is 1.81. The van der Waals surface area contributed by atoms with Crippen LogP contribution in [0.5, 0.6) is 0 Å². The van der Waals surface area contributed by atoms with E-state index in [1.807, 2.05) is 17.9 Å². The van der Waals surface area contributed by atoms with Crippen LogP contribution in [-0.2, 0) is 19.3 Å². The second-order valence-electron chi connectivity index (χ2n) is 6.54. The summed E-state index contributed by atoms with van der Waals surface area (Å²) in [4.78, 5) is 20.5. The van der Waals surface area contributed by atoms with Crippen molar-refractivity contribution in [3.8, 4) is 0 Å². The number of hydrogen-bond acceptors (Lipinski definition) is 5. The molecular formula is C17H22N4O2S. The van der Waals surface area contributed by atoms with Crippen molar-refractivity contribution in [1.82, 2.24) is 20.4 Å². The largest absolute Gasteiger partial charge is 0.359 e. The molecular weight excluding hydrogens is 324 g/mol. The number of urea groups is 1. The molecule has 2 aromatic rings. The van der Waals surface area contributed by atoms with E-state index in [2.05, 4.69) is 15.5 Å². The van der Waals surface area contributed by atoms with Crippen LogP contribution >= 0.6 is 11.3 Å². The predicted octanol–water partition coefficient (Wildman–Crippen LogP) is 3.02. The van der Waals surface area contributed by atoms with Gasteiger partial charge in [0.2, 0.25) is 0 Å². The van der Waals surface area contributed by atoms with Crippen molar-refractivity contribution >= 4 is 17.4 Å². The van der Waals surface area contributed by atoms with Gasteiger partial charge in [0.1, 0.15) is 0 Å². The van der Waals surface area contributed by atoms with Gasteiger partial charge in [0.05, 0.1) is 22.4 Å². The molecule has 0 aromatic carbocycles. The van der Waals surface area contributed by atoms with E-state index < -0.39 is 0 Å². The van der Waals surface area contributed by atoms with Gasteiger partial charge in [-0.3, -0.25) is 0 Å². The third-order valence-corrected chi connectivity index (χ3v) is 5.96. The third-order valence-electron chi connectivity index (χ3n) is 4.74. The highest BCUT2D eigenvalue weighted by Crippen LogP contribution is 2.32. The summed E-state index contributed by atoms with van der Waals surface area (Å²) < 4.78 is 5.36. The molecule has 7 heteroatoms. The first-order chi connectivity index (χ1) is 11.7. The van der Waals surface area contributed by atoms with Gasteiger partial charge in [-0.2, -0.15) is 0 Å². The van der Waals surface area contributed by atoms with Crippen LogP contribution < -0.4 is 5.32 Å². The highest BCUT2D eigenvalue weighted by molar-refractivity contribution is 7.11. The highest BCUT2D eigenvalue weighted by Gasteiger charge is 2.32. The number of aromatic nitrogens is 2. The van der Waals surface area contributed by atoms with Gasteiger partial charge >= 0.3 is 6.03 Å². The quantitative estimate of drug-likeness (QED) is 0.924. The van der Waals surface area contributed by atoms with E-state index in [0.717, 1.165) is 48.7 Å². The molecule has 0 spiro atoms. The maximum atomic E-state index is 12.5. The number of nitrogens with zero attached hydrogens (tertiary/aromatic N) is 3.